The molecule has 1 N–H and O–H groups in total. The zero-order valence-corrected chi connectivity index (χ0v) is 10.8. The highest BCUT2D eigenvalue weighted by Gasteiger charge is 2.29. The van der Waals surface area contributed by atoms with E-state index in [2.05, 4.69) is 17.2 Å². The average Bonchev–Trinajstić information content (AvgIpc) is 2.39. The van der Waals surface area contributed by atoms with E-state index in [0.717, 1.165) is 31.5 Å². The first-order valence-electron chi connectivity index (χ1n) is 5.69. The molecule has 1 aliphatic heterocycles. The molecule has 3 heteroatoms. The van der Waals surface area contributed by atoms with Gasteiger partial charge in [-0.25, -0.2) is 0 Å². The molecule has 92 valence electrons. The van der Waals surface area contributed by atoms with E-state index in [1.54, 1.807) is 7.11 Å². The second-order valence-electron chi connectivity index (χ2n) is 4.06. The van der Waals surface area contributed by atoms with E-state index in [9.17, 15) is 0 Å². The number of piperidine rings is 1. The highest BCUT2D eigenvalue weighted by molar-refractivity contribution is 5.85. The molecule has 0 radical (unpaired) electrons. The van der Waals surface area contributed by atoms with Crippen molar-refractivity contribution in [3.05, 3.63) is 35.9 Å². The first-order chi connectivity index (χ1) is 7.85. The van der Waals surface area contributed by atoms with E-state index in [1.807, 2.05) is 30.3 Å². The van der Waals surface area contributed by atoms with Crippen LogP contribution in [0.25, 0.3) is 0 Å². The molecule has 2 nitrogen and oxygen atoms in total. The Kier molecular flexibility index (Phi) is 5.50. The SMILES string of the molecule is COC1(C#Cc2ccccc2)CCNCC1.Cl. The van der Waals surface area contributed by atoms with Crippen molar-refractivity contribution in [2.45, 2.75) is 18.4 Å². The van der Waals surface area contributed by atoms with E-state index in [4.69, 9.17) is 4.74 Å². The predicted molar refractivity (Wildman–Crippen MR) is 72.4 cm³/mol. The summed E-state index contributed by atoms with van der Waals surface area (Å²) in [5.41, 5.74) is 0.804. The quantitative estimate of drug-likeness (QED) is 0.773. The van der Waals surface area contributed by atoms with E-state index in [0.29, 0.717) is 0 Å². The number of halogens is 1. The third kappa shape index (κ3) is 3.74. The zero-order valence-electron chi connectivity index (χ0n) is 10.0. The molecule has 2 rings (SSSR count). The highest BCUT2D eigenvalue weighted by Crippen LogP contribution is 2.21. The van der Waals surface area contributed by atoms with Crippen LogP contribution < -0.4 is 5.32 Å². The second-order valence-corrected chi connectivity index (χ2v) is 4.06. The van der Waals surface area contributed by atoms with Crippen LogP contribution in [-0.2, 0) is 4.74 Å². The highest BCUT2D eigenvalue weighted by atomic mass is 35.5. The van der Waals surface area contributed by atoms with Crippen molar-refractivity contribution >= 4 is 12.4 Å². The number of hydrogen-bond acceptors (Lipinski definition) is 2. The van der Waals surface area contributed by atoms with Crippen LogP contribution in [0.5, 0.6) is 0 Å². The Hall–Kier alpha value is -1.01. The first-order valence-corrected chi connectivity index (χ1v) is 5.69. The number of rotatable bonds is 1. The Morgan fingerprint density at radius 3 is 2.41 bits per heavy atom. The Morgan fingerprint density at radius 1 is 1.18 bits per heavy atom. The van der Waals surface area contributed by atoms with Crippen molar-refractivity contribution in [2.75, 3.05) is 20.2 Å². The normalized spacial score (nSPS) is 17.5. The van der Waals surface area contributed by atoms with Crippen LogP contribution in [0.15, 0.2) is 30.3 Å². The summed E-state index contributed by atoms with van der Waals surface area (Å²) < 4.78 is 5.59. The minimum absolute atomic E-state index is 0. The molecule has 0 atom stereocenters. The molecule has 0 unspecified atom stereocenters. The Bertz CT molecular complexity index is 388. The average molecular weight is 252 g/mol. The largest absolute Gasteiger partial charge is 0.365 e. The summed E-state index contributed by atoms with van der Waals surface area (Å²) in [7, 11) is 1.75. The molecule has 1 aromatic rings. The maximum absolute atomic E-state index is 5.59. The van der Waals surface area contributed by atoms with Gasteiger partial charge in [0.05, 0.1) is 0 Å². The van der Waals surface area contributed by atoms with Crippen LogP contribution >= 0.6 is 12.4 Å². The number of hydrogen-bond donors (Lipinski definition) is 1. The van der Waals surface area contributed by atoms with Gasteiger partial charge in [-0.05, 0) is 25.2 Å². The lowest BCUT2D eigenvalue weighted by Gasteiger charge is -2.31. The molecule has 1 aromatic carbocycles. The van der Waals surface area contributed by atoms with Gasteiger partial charge in [0.2, 0.25) is 0 Å². The molecule has 0 amide bonds. The van der Waals surface area contributed by atoms with Crippen LogP contribution in [0, 0.1) is 11.8 Å². The third-order valence-electron chi connectivity index (χ3n) is 3.01. The van der Waals surface area contributed by atoms with Gasteiger partial charge in [-0.15, -0.1) is 12.4 Å². The lowest BCUT2D eigenvalue weighted by atomic mass is 9.92. The maximum atomic E-state index is 5.59. The van der Waals surface area contributed by atoms with E-state index >= 15 is 0 Å². The number of nitrogens with one attached hydrogen (secondary N) is 1. The van der Waals surface area contributed by atoms with Gasteiger partial charge < -0.3 is 10.1 Å². The molecule has 1 heterocycles. The van der Waals surface area contributed by atoms with Crippen molar-refractivity contribution in [3.63, 3.8) is 0 Å². The van der Waals surface area contributed by atoms with Gasteiger partial charge in [0.1, 0.15) is 5.60 Å². The summed E-state index contributed by atoms with van der Waals surface area (Å²) in [6, 6.07) is 10.1. The van der Waals surface area contributed by atoms with E-state index in [1.165, 1.54) is 0 Å². The molecule has 1 aliphatic rings. The number of benzene rings is 1. The summed E-state index contributed by atoms with van der Waals surface area (Å²) in [5.74, 6) is 6.49. The molecular formula is C14H18ClNO. The molecule has 1 saturated heterocycles. The van der Waals surface area contributed by atoms with Gasteiger partial charge in [-0.3, -0.25) is 0 Å². The smallest absolute Gasteiger partial charge is 0.131 e. The van der Waals surface area contributed by atoms with Gasteiger partial charge in [-0.1, -0.05) is 30.0 Å². The van der Waals surface area contributed by atoms with Gasteiger partial charge >= 0.3 is 0 Å². The molecule has 1 fully saturated rings. The fourth-order valence-corrected chi connectivity index (χ4v) is 1.92. The number of ether oxygens (including phenoxy) is 1. The molecule has 0 saturated carbocycles. The molecule has 0 spiro atoms. The van der Waals surface area contributed by atoms with Crippen molar-refractivity contribution < 1.29 is 4.74 Å². The summed E-state index contributed by atoms with van der Waals surface area (Å²) in [6.07, 6.45) is 1.92. The lowest BCUT2D eigenvalue weighted by molar-refractivity contribution is 0.0159. The summed E-state index contributed by atoms with van der Waals surface area (Å²) in [6.45, 7) is 1.97. The summed E-state index contributed by atoms with van der Waals surface area (Å²) in [5, 5.41) is 3.32. The van der Waals surface area contributed by atoms with Crippen LogP contribution in [-0.4, -0.2) is 25.8 Å². The van der Waals surface area contributed by atoms with Crippen molar-refractivity contribution in [1.29, 1.82) is 0 Å². The van der Waals surface area contributed by atoms with Gasteiger partial charge in [0, 0.05) is 25.5 Å². The molecular weight excluding hydrogens is 234 g/mol. The van der Waals surface area contributed by atoms with Crippen LogP contribution in [0.2, 0.25) is 0 Å². The Labute approximate surface area is 109 Å². The minimum atomic E-state index is -0.249. The van der Waals surface area contributed by atoms with Crippen molar-refractivity contribution in [3.8, 4) is 11.8 Å². The topological polar surface area (TPSA) is 21.3 Å². The van der Waals surface area contributed by atoms with E-state index < -0.39 is 0 Å². The van der Waals surface area contributed by atoms with Crippen molar-refractivity contribution in [2.24, 2.45) is 0 Å². The maximum Gasteiger partial charge on any atom is 0.131 e. The number of methoxy groups -OCH3 is 1. The third-order valence-corrected chi connectivity index (χ3v) is 3.01. The lowest BCUT2D eigenvalue weighted by Crippen LogP contribution is -2.42. The van der Waals surface area contributed by atoms with Crippen LogP contribution in [0.1, 0.15) is 18.4 Å². The van der Waals surface area contributed by atoms with Gasteiger partial charge in [0.25, 0.3) is 0 Å². The van der Waals surface area contributed by atoms with Crippen LogP contribution in [0.3, 0.4) is 0 Å². The fourth-order valence-electron chi connectivity index (χ4n) is 1.92. The minimum Gasteiger partial charge on any atom is -0.365 e. The molecule has 0 aliphatic carbocycles. The van der Waals surface area contributed by atoms with Crippen LogP contribution in [0.4, 0.5) is 0 Å². The first kappa shape index (κ1) is 14.1. The molecule has 0 bridgehead atoms. The second kappa shape index (κ2) is 6.66. The van der Waals surface area contributed by atoms with E-state index in [-0.39, 0.29) is 18.0 Å². The molecule has 0 aromatic heterocycles. The zero-order chi connectivity index (χ0) is 11.3. The standard InChI is InChI=1S/C14H17NO.ClH/c1-16-14(9-11-15-12-10-14)8-7-13-5-3-2-4-6-13;/h2-6,15H,9-12H2,1H3;1H. The fraction of sp³-hybridized carbons (Fsp3) is 0.429. The van der Waals surface area contributed by atoms with Gasteiger partial charge in [0.15, 0.2) is 0 Å². The molecule has 17 heavy (non-hydrogen) atoms. The monoisotopic (exact) mass is 251 g/mol. The van der Waals surface area contributed by atoms with Gasteiger partial charge in [-0.2, -0.15) is 0 Å². The Balaban J connectivity index is 0.00000144. The van der Waals surface area contributed by atoms with Crippen molar-refractivity contribution in [1.82, 2.24) is 5.32 Å². The Morgan fingerprint density at radius 2 is 1.82 bits per heavy atom. The summed E-state index contributed by atoms with van der Waals surface area (Å²) in [4.78, 5) is 0. The summed E-state index contributed by atoms with van der Waals surface area (Å²) >= 11 is 0. The predicted octanol–water partition coefficient (Wildman–Crippen LogP) is 2.23.